The summed E-state index contributed by atoms with van der Waals surface area (Å²) in [6.45, 7) is 0.211. The van der Waals surface area contributed by atoms with E-state index in [4.69, 9.17) is 9.47 Å². The van der Waals surface area contributed by atoms with Crippen molar-refractivity contribution in [3.63, 3.8) is 0 Å². The van der Waals surface area contributed by atoms with Crippen LogP contribution >= 0.6 is 0 Å². The van der Waals surface area contributed by atoms with Crippen molar-refractivity contribution in [2.75, 3.05) is 19.5 Å². The van der Waals surface area contributed by atoms with E-state index in [0.29, 0.717) is 17.1 Å². The van der Waals surface area contributed by atoms with Gasteiger partial charge in [0.05, 0.1) is 19.4 Å². The molecule has 25 heavy (non-hydrogen) atoms. The molecule has 0 aliphatic carbocycles. The quantitative estimate of drug-likeness (QED) is 0.747. The molecule has 0 atom stereocenters. The fourth-order valence-electron chi connectivity index (χ4n) is 2.41. The van der Waals surface area contributed by atoms with Gasteiger partial charge in [-0.05, 0) is 24.3 Å². The number of aromatic nitrogens is 3. The van der Waals surface area contributed by atoms with Crippen molar-refractivity contribution in [2.45, 2.75) is 6.61 Å². The van der Waals surface area contributed by atoms with E-state index in [1.165, 1.54) is 0 Å². The molecule has 3 aromatic rings. The number of anilines is 1. The van der Waals surface area contributed by atoms with Gasteiger partial charge in [0, 0.05) is 18.9 Å². The summed E-state index contributed by atoms with van der Waals surface area (Å²) in [5.74, 6) is 0.297. The lowest BCUT2D eigenvalue weighted by atomic mass is 10.2. The molecule has 0 saturated heterocycles. The lowest BCUT2D eigenvalue weighted by molar-refractivity contribution is 0.101. The van der Waals surface area contributed by atoms with Crippen molar-refractivity contribution in [1.29, 1.82) is 0 Å². The molecule has 0 saturated carbocycles. The normalized spacial score (nSPS) is 10.5. The molecule has 1 amide bonds. The number of para-hydroxylation sites is 1. The minimum atomic E-state index is -0.359. The highest BCUT2D eigenvalue weighted by molar-refractivity contribution is 6.03. The molecule has 0 aliphatic heterocycles. The Hall–Kier alpha value is -3.19. The van der Waals surface area contributed by atoms with Crippen LogP contribution in [0.25, 0.3) is 5.69 Å². The van der Waals surface area contributed by atoms with Crippen LogP contribution < -0.4 is 10.1 Å². The molecule has 0 unspecified atom stereocenters. The number of hydrogen-bond donors (Lipinski definition) is 1. The standard InChI is InChI=1S/C18H18N4O3/c1-24-12-16-17(20-21-22(16)14-8-4-3-5-9-14)18(23)19-13-7-6-10-15(11-13)25-2/h3-11H,12H2,1-2H3,(H,19,23). The van der Waals surface area contributed by atoms with Crippen LogP contribution in [0.3, 0.4) is 0 Å². The lowest BCUT2D eigenvalue weighted by Crippen LogP contribution is -2.16. The fraction of sp³-hybridized carbons (Fsp3) is 0.167. The van der Waals surface area contributed by atoms with Crippen LogP contribution in [-0.4, -0.2) is 35.1 Å². The first-order valence-corrected chi connectivity index (χ1v) is 7.67. The number of rotatable bonds is 6. The fourth-order valence-corrected chi connectivity index (χ4v) is 2.41. The maximum atomic E-state index is 12.6. The third-order valence-corrected chi connectivity index (χ3v) is 3.59. The van der Waals surface area contributed by atoms with Gasteiger partial charge in [-0.1, -0.05) is 29.5 Å². The van der Waals surface area contributed by atoms with Crippen LogP contribution in [0.1, 0.15) is 16.2 Å². The van der Waals surface area contributed by atoms with Gasteiger partial charge in [0.2, 0.25) is 0 Å². The highest BCUT2D eigenvalue weighted by Gasteiger charge is 2.20. The minimum absolute atomic E-state index is 0.211. The Morgan fingerprint density at radius 2 is 1.92 bits per heavy atom. The number of hydrogen-bond acceptors (Lipinski definition) is 5. The second kappa shape index (κ2) is 7.59. The van der Waals surface area contributed by atoms with Crippen LogP contribution in [0.2, 0.25) is 0 Å². The number of ether oxygens (including phenoxy) is 2. The Morgan fingerprint density at radius 3 is 2.64 bits per heavy atom. The molecular weight excluding hydrogens is 320 g/mol. The summed E-state index contributed by atoms with van der Waals surface area (Å²) >= 11 is 0. The van der Waals surface area contributed by atoms with Gasteiger partial charge in [0.25, 0.3) is 5.91 Å². The summed E-state index contributed by atoms with van der Waals surface area (Å²) in [5, 5.41) is 10.9. The van der Waals surface area contributed by atoms with Crippen molar-refractivity contribution in [3.8, 4) is 11.4 Å². The molecule has 3 rings (SSSR count). The highest BCUT2D eigenvalue weighted by atomic mass is 16.5. The molecule has 0 fully saturated rings. The zero-order chi connectivity index (χ0) is 17.6. The van der Waals surface area contributed by atoms with Crippen molar-refractivity contribution in [2.24, 2.45) is 0 Å². The van der Waals surface area contributed by atoms with Gasteiger partial charge in [-0.15, -0.1) is 5.10 Å². The van der Waals surface area contributed by atoms with Crippen molar-refractivity contribution in [1.82, 2.24) is 15.0 Å². The van der Waals surface area contributed by atoms with E-state index in [9.17, 15) is 4.79 Å². The Kier molecular flexibility index (Phi) is 5.06. The van der Waals surface area contributed by atoms with Gasteiger partial charge in [0.15, 0.2) is 5.69 Å². The number of amides is 1. The number of carbonyl (C=O) groups is 1. The Balaban J connectivity index is 1.91. The van der Waals surface area contributed by atoms with Crippen molar-refractivity contribution in [3.05, 3.63) is 66.0 Å². The van der Waals surface area contributed by atoms with E-state index in [1.807, 2.05) is 30.3 Å². The second-order valence-electron chi connectivity index (χ2n) is 5.25. The molecule has 0 radical (unpaired) electrons. The molecule has 1 N–H and O–H groups in total. The monoisotopic (exact) mass is 338 g/mol. The first-order valence-electron chi connectivity index (χ1n) is 7.67. The summed E-state index contributed by atoms with van der Waals surface area (Å²) in [4.78, 5) is 12.6. The third-order valence-electron chi connectivity index (χ3n) is 3.59. The van der Waals surface area contributed by atoms with Crippen LogP contribution in [0.4, 0.5) is 5.69 Å². The topological polar surface area (TPSA) is 78.3 Å². The maximum Gasteiger partial charge on any atom is 0.278 e. The first-order chi connectivity index (χ1) is 12.2. The summed E-state index contributed by atoms with van der Waals surface area (Å²) in [6.07, 6.45) is 0. The lowest BCUT2D eigenvalue weighted by Gasteiger charge is -2.08. The average molecular weight is 338 g/mol. The molecule has 1 aromatic heterocycles. The molecule has 128 valence electrons. The van der Waals surface area contributed by atoms with E-state index in [2.05, 4.69) is 15.6 Å². The number of methoxy groups -OCH3 is 2. The second-order valence-corrected chi connectivity index (χ2v) is 5.25. The van der Waals surface area contributed by atoms with Crippen molar-refractivity contribution < 1.29 is 14.3 Å². The summed E-state index contributed by atoms with van der Waals surface area (Å²) in [5.41, 5.74) is 2.21. The molecule has 0 bridgehead atoms. The van der Waals surface area contributed by atoms with Gasteiger partial charge in [-0.2, -0.15) is 0 Å². The first kappa shape index (κ1) is 16.7. The van der Waals surface area contributed by atoms with Gasteiger partial charge in [-0.25, -0.2) is 4.68 Å². The maximum absolute atomic E-state index is 12.6. The van der Waals surface area contributed by atoms with Gasteiger partial charge in [0.1, 0.15) is 11.4 Å². The zero-order valence-corrected chi connectivity index (χ0v) is 14.0. The van der Waals surface area contributed by atoms with Crippen molar-refractivity contribution >= 4 is 11.6 Å². The van der Waals surface area contributed by atoms with Crippen LogP contribution in [0, 0.1) is 0 Å². The highest BCUT2D eigenvalue weighted by Crippen LogP contribution is 2.19. The largest absolute Gasteiger partial charge is 0.497 e. The number of carbonyl (C=O) groups excluding carboxylic acids is 1. The van der Waals surface area contributed by atoms with Gasteiger partial charge < -0.3 is 14.8 Å². The van der Waals surface area contributed by atoms with Gasteiger partial charge >= 0.3 is 0 Å². The summed E-state index contributed by atoms with van der Waals surface area (Å²) in [6, 6.07) is 16.6. The number of nitrogens with one attached hydrogen (secondary N) is 1. The Bertz CT molecular complexity index is 862. The molecule has 0 spiro atoms. The van der Waals surface area contributed by atoms with Crippen LogP contribution in [0.5, 0.6) is 5.75 Å². The van der Waals surface area contributed by atoms with E-state index < -0.39 is 0 Å². The molecule has 7 heteroatoms. The number of nitrogens with zero attached hydrogens (tertiary/aromatic N) is 3. The Labute approximate surface area is 145 Å². The molecule has 2 aromatic carbocycles. The van der Waals surface area contributed by atoms with E-state index in [0.717, 1.165) is 5.69 Å². The van der Waals surface area contributed by atoms with Crippen LogP contribution in [-0.2, 0) is 11.3 Å². The molecular formula is C18H18N4O3. The Morgan fingerprint density at radius 1 is 1.12 bits per heavy atom. The van der Waals surface area contributed by atoms with Crippen LogP contribution in [0.15, 0.2) is 54.6 Å². The average Bonchev–Trinajstić information content (AvgIpc) is 3.07. The van der Waals surface area contributed by atoms with Gasteiger partial charge in [-0.3, -0.25) is 4.79 Å². The van der Waals surface area contributed by atoms with E-state index in [1.54, 1.807) is 43.2 Å². The van der Waals surface area contributed by atoms with E-state index in [-0.39, 0.29) is 18.2 Å². The van der Waals surface area contributed by atoms with E-state index >= 15 is 0 Å². The predicted molar refractivity (Wildman–Crippen MR) is 93.0 cm³/mol. The predicted octanol–water partition coefficient (Wildman–Crippen LogP) is 2.67. The smallest absolute Gasteiger partial charge is 0.278 e. The SMILES string of the molecule is COCc1c(C(=O)Nc2cccc(OC)c2)nnn1-c1ccccc1. The summed E-state index contributed by atoms with van der Waals surface area (Å²) in [7, 11) is 3.13. The minimum Gasteiger partial charge on any atom is -0.497 e. The molecule has 7 nitrogen and oxygen atoms in total. The zero-order valence-electron chi connectivity index (χ0n) is 14.0. The number of benzene rings is 2. The third kappa shape index (κ3) is 3.67. The molecule has 0 aliphatic rings. The molecule has 1 heterocycles. The summed E-state index contributed by atoms with van der Waals surface area (Å²) < 4.78 is 12.0.